The highest BCUT2D eigenvalue weighted by molar-refractivity contribution is 14.1. The van der Waals surface area contributed by atoms with Gasteiger partial charge in [-0.15, -0.1) is 4.73 Å². The van der Waals surface area contributed by atoms with Gasteiger partial charge in [-0.05, 0) is 25.3 Å². The molecule has 0 saturated heterocycles. The molecule has 5 nitrogen and oxygen atoms in total. The van der Waals surface area contributed by atoms with Crippen molar-refractivity contribution in [2.24, 2.45) is 5.92 Å². The van der Waals surface area contributed by atoms with Crippen LogP contribution >= 0.6 is 22.6 Å². The van der Waals surface area contributed by atoms with Crippen molar-refractivity contribution in [3.8, 4) is 11.8 Å². The van der Waals surface area contributed by atoms with Crippen LogP contribution in [0.25, 0.3) is 0 Å². The number of ether oxygens (including phenoxy) is 2. The number of hydrogen-bond donors (Lipinski definition) is 0. The number of alkyl halides is 1. The summed E-state index contributed by atoms with van der Waals surface area (Å²) in [5.41, 5.74) is 2.17. The lowest BCUT2D eigenvalue weighted by atomic mass is 10.1. The van der Waals surface area contributed by atoms with E-state index in [-0.39, 0.29) is 12.0 Å². The van der Waals surface area contributed by atoms with Crippen LogP contribution in [0.15, 0.2) is 30.3 Å². The van der Waals surface area contributed by atoms with Crippen LogP contribution in [0.5, 0.6) is 11.8 Å². The third-order valence-electron chi connectivity index (χ3n) is 3.45. The number of halogens is 1. The fourth-order valence-electron chi connectivity index (χ4n) is 2.39. The molecule has 0 bridgehead atoms. The van der Waals surface area contributed by atoms with Gasteiger partial charge in [0.05, 0.1) is 10.5 Å². The predicted molar refractivity (Wildman–Crippen MR) is 106 cm³/mol. The topological polar surface area (TPSA) is 58.3 Å². The molecule has 6 heteroatoms. The Morgan fingerprint density at radius 3 is 2.40 bits per heavy atom. The lowest BCUT2D eigenvalue weighted by Crippen LogP contribution is -2.38. The van der Waals surface area contributed by atoms with Crippen LogP contribution in [-0.4, -0.2) is 11.1 Å². The fraction of sp³-hybridized carbons (Fsp3) is 0.474. The second-order valence-electron chi connectivity index (χ2n) is 6.58. The highest BCUT2D eigenvalue weighted by Gasteiger charge is 2.27. The third kappa shape index (κ3) is 5.45. The Kier molecular flexibility index (Phi) is 7.28. The molecular formula is C19H25IN2O3. The smallest absolute Gasteiger partial charge is 0.403 e. The van der Waals surface area contributed by atoms with Gasteiger partial charge >= 0.3 is 5.88 Å². The van der Waals surface area contributed by atoms with E-state index in [1.165, 1.54) is 0 Å². The van der Waals surface area contributed by atoms with Crippen molar-refractivity contribution in [2.45, 2.75) is 51.3 Å². The molecule has 136 valence electrons. The van der Waals surface area contributed by atoms with Crippen molar-refractivity contribution in [1.82, 2.24) is 4.98 Å². The van der Waals surface area contributed by atoms with E-state index in [0.717, 1.165) is 10.3 Å². The van der Waals surface area contributed by atoms with Gasteiger partial charge in [0.2, 0.25) is 0 Å². The van der Waals surface area contributed by atoms with E-state index in [1.807, 2.05) is 44.2 Å². The van der Waals surface area contributed by atoms with E-state index in [2.05, 4.69) is 41.4 Å². The standard InChI is InChI=1S/C19H25IN2O3/c1-13(2)10-17-18(24-12-15-8-6-5-7-9-15)21-16(11-20)19(22(17)23)25-14(3)4/h5-9,13-14H,10-12H2,1-4H3. The predicted octanol–water partition coefficient (Wildman–Crippen LogP) is 4.21. The van der Waals surface area contributed by atoms with E-state index in [4.69, 9.17) is 9.47 Å². The Balaban J connectivity index is 2.40. The van der Waals surface area contributed by atoms with E-state index in [9.17, 15) is 5.21 Å². The van der Waals surface area contributed by atoms with Crippen molar-refractivity contribution < 1.29 is 14.2 Å². The van der Waals surface area contributed by atoms with Gasteiger partial charge in [-0.1, -0.05) is 66.8 Å². The second-order valence-corrected chi connectivity index (χ2v) is 7.35. The molecule has 0 aliphatic heterocycles. The van der Waals surface area contributed by atoms with Gasteiger partial charge in [0.1, 0.15) is 6.61 Å². The van der Waals surface area contributed by atoms with Gasteiger partial charge in [0, 0.05) is 6.42 Å². The Morgan fingerprint density at radius 1 is 1.16 bits per heavy atom. The van der Waals surface area contributed by atoms with Crippen molar-refractivity contribution in [2.75, 3.05) is 0 Å². The van der Waals surface area contributed by atoms with Crippen molar-refractivity contribution in [1.29, 1.82) is 0 Å². The lowest BCUT2D eigenvalue weighted by molar-refractivity contribution is -0.623. The van der Waals surface area contributed by atoms with Gasteiger partial charge in [-0.25, -0.2) is 4.98 Å². The first kappa shape index (κ1) is 19.8. The van der Waals surface area contributed by atoms with Gasteiger partial charge in [0.25, 0.3) is 11.6 Å². The number of hydrogen-bond acceptors (Lipinski definition) is 4. The van der Waals surface area contributed by atoms with Crippen molar-refractivity contribution in [3.63, 3.8) is 0 Å². The minimum atomic E-state index is -0.0910. The Hall–Kier alpha value is -1.57. The van der Waals surface area contributed by atoms with Crippen molar-refractivity contribution >= 4 is 22.6 Å². The molecule has 0 radical (unpaired) electrons. The molecule has 0 aliphatic carbocycles. The quantitative estimate of drug-likeness (QED) is 0.259. The minimum Gasteiger partial charge on any atom is -0.616 e. The SMILES string of the molecule is CC(C)Cc1c(OCc2ccccc2)nc(CI)c(OC(C)C)[n+]1[O-]. The number of aromatic nitrogens is 2. The largest absolute Gasteiger partial charge is 0.616 e. The molecule has 2 aromatic rings. The molecule has 0 spiro atoms. The van der Waals surface area contributed by atoms with Gasteiger partial charge in [0.15, 0.2) is 5.69 Å². The number of rotatable bonds is 8. The third-order valence-corrected chi connectivity index (χ3v) is 4.18. The van der Waals surface area contributed by atoms with E-state index < -0.39 is 0 Å². The molecule has 0 N–H and O–H groups in total. The monoisotopic (exact) mass is 456 g/mol. The molecule has 0 amide bonds. The summed E-state index contributed by atoms with van der Waals surface area (Å²) < 4.78 is 13.1. The van der Waals surface area contributed by atoms with E-state index in [1.54, 1.807) is 0 Å². The average molecular weight is 456 g/mol. The minimum absolute atomic E-state index is 0.0910. The molecule has 0 fully saturated rings. The van der Waals surface area contributed by atoms with Crippen LogP contribution in [0, 0.1) is 11.1 Å². The molecular weight excluding hydrogens is 431 g/mol. The summed E-state index contributed by atoms with van der Waals surface area (Å²) in [7, 11) is 0. The van der Waals surface area contributed by atoms with Crippen LogP contribution in [-0.2, 0) is 17.5 Å². The Labute approximate surface area is 163 Å². The molecule has 0 unspecified atom stereocenters. The fourth-order valence-corrected chi connectivity index (χ4v) is 2.88. The molecule has 1 aromatic heterocycles. The zero-order chi connectivity index (χ0) is 18.4. The van der Waals surface area contributed by atoms with E-state index in [0.29, 0.717) is 40.6 Å². The average Bonchev–Trinajstić information content (AvgIpc) is 2.58. The molecule has 1 heterocycles. The summed E-state index contributed by atoms with van der Waals surface area (Å²) in [4.78, 5) is 4.60. The maximum Gasteiger partial charge on any atom is 0.403 e. The van der Waals surface area contributed by atoms with Gasteiger partial charge < -0.3 is 14.7 Å². The first-order valence-corrected chi connectivity index (χ1v) is 9.99. The van der Waals surface area contributed by atoms with Crippen LogP contribution in [0.1, 0.15) is 44.6 Å². The van der Waals surface area contributed by atoms with Crippen LogP contribution in [0.4, 0.5) is 0 Å². The summed E-state index contributed by atoms with van der Waals surface area (Å²) in [6, 6.07) is 9.87. The maximum atomic E-state index is 12.9. The van der Waals surface area contributed by atoms with Crippen LogP contribution in [0.3, 0.4) is 0 Å². The number of benzene rings is 1. The van der Waals surface area contributed by atoms with E-state index >= 15 is 0 Å². The highest BCUT2D eigenvalue weighted by Crippen LogP contribution is 2.25. The summed E-state index contributed by atoms with van der Waals surface area (Å²) in [6.07, 6.45) is 0.489. The summed E-state index contributed by atoms with van der Waals surface area (Å²) >= 11 is 2.19. The Bertz CT molecular complexity index is 691. The zero-order valence-corrected chi connectivity index (χ0v) is 17.3. The molecule has 0 aliphatic rings. The van der Waals surface area contributed by atoms with Crippen LogP contribution < -0.4 is 14.2 Å². The molecule has 0 saturated carbocycles. The Morgan fingerprint density at radius 2 is 1.84 bits per heavy atom. The maximum absolute atomic E-state index is 12.9. The normalized spacial score (nSPS) is 11.2. The summed E-state index contributed by atoms with van der Waals surface area (Å²) in [6.45, 7) is 8.31. The van der Waals surface area contributed by atoms with Crippen molar-refractivity contribution in [3.05, 3.63) is 52.5 Å². The highest BCUT2D eigenvalue weighted by atomic mass is 127. The first-order valence-electron chi connectivity index (χ1n) is 8.47. The summed E-state index contributed by atoms with van der Waals surface area (Å²) in [5, 5.41) is 12.9. The van der Waals surface area contributed by atoms with Gasteiger partial charge in [-0.2, -0.15) is 0 Å². The van der Waals surface area contributed by atoms with Crippen LogP contribution in [0.2, 0.25) is 0 Å². The molecule has 25 heavy (non-hydrogen) atoms. The second kappa shape index (κ2) is 9.22. The summed E-state index contributed by atoms with van der Waals surface area (Å²) in [5.74, 6) is 0.987. The molecule has 1 aromatic carbocycles. The van der Waals surface area contributed by atoms with Gasteiger partial charge in [-0.3, -0.25) is 0 Å². The first-order chi connectivity index (χ1) is 11.9. The number of nitrogens with zero attached hydrogens (tertiary/aromatic N) is 2. The molecule has 2 rings (SSSR count). The zero-order valence-electron chi connectivity index (χ0n) is 15.2. The lowest BCUT2D eigenvalue weighted by Gasteiger charge is -2.17. The molecule has 0 atom stereocenters.